The molecule has 0 saturated heterocycles. The van der Waals surface area contributed by atoms with Gasteiger partial charge in [-0.25, -0.2) is 9.18 Å². The first-order chi connectivity index (χ1) is 9.47. The van der Waals surface area contributed by atoms with E-state index in [-0.39, 0.29) is 24.3 Å². The molecule has 0 aliphatic carbocycles. The number of hydrogen-bond donors (Lipinski definition) is 3. The first-order valence-electron chi connectivity index (χ1n) is 5.62. The SMILES string of the molecule is COC(=O)c1cc(F)ccc1NC(=O)CNC(=O)CN. The summed E-state index contributed by atoms with van der Waals surface area (Å²) in [6, 6.07) is 3.25. The number of halogens is 1. The minimum Gasteiger partial charge on any atom is -0.465 e. The van der Waals surface area contributed by atoms with Crippen molar-refractivity contribution in [3.63, 3.8) is 0 Å². The number of nitrogens with two attached hydrogens (primary N) is 1. The second-order valence-electron chi connectivity index (χ2n) is 3.71. The maximum absolute atomic E-state index is 13.1. The van der Waals surface area contributed by atoms with Crippen LogP contribution in [0.4, 0.5) is 10.1 Å². The summed E-state index contributed by atoms with van der Waals surface area (Å²) in [5.74, 6) is -2.50. The van der Waals surface area contributed by atoms with Crippen LogP contribution in [0.2, 0.25) is 0 Å². The lowest BCUT2D eigenvalue weighted by Gasteiger charge is -2.10. The molecule has 20 heavy (non-hydrogen) atoms. The van der Waals surface area contributed by atoms with E-state index < -0.39 is 23.6 Å². The van der Waals surface area contributed by atoms with Crippen molar-refractivity contribution in [3.8, 4) is 0 Å². The fourth-order valence-corrected chi connectivity index (χ4v) is 1.35. The highest BCUT2D eigenvalue weighted by Gasteiger charge is 2.15. The average Bonchev–Trinajstić information content (AvgIpc) is 2.45. The van der Waals surface area contributed by atoms with Gasteiger partial charge in [-0.3, -0.25) is 9.59 Å². The Labute approximate surface area is 114 Å². The van der Waals surface area contributed by atoms with E-state index in [0.717, 1.165) is 19.2 Å². The molecule has 1 aromatic carbocycles. The van der Waals surface area contributed by atoms with Crippen molar-refractivity contribution in [2.75, 3.05) is 25.5 Å². The van der Waals surface area contributed by atoms with Crippen LogP contribution in [0.15, 0.2) is 18.2 Å². The maximum atomic E-state index is 13.1. The molecule has 0 heterocycles. The highest BCUT2D eigenvalue weighted by Crippen LogP contribution is 2.17. The van der Waals surface area contributed by atoms with Crippen molar-refractivity contribution in [2.24, 2.45) is 5.73 Å². The molecule has 1 aromatic rings. The Morgan fingerprint density at radius 2 is 2.00 bits per heavy atom. The van der Waals surface area contributed by atoms with Crippen LogP contribution < -0.4 is 16.4 Å². The van der Waals surface area contributed by atoms with E-state index in [1.165, 1.54) is 6.07 Å². The molecule has 1 rings (SSSR count). The lowest BCUT2D eigenvalue weighted by Crippen LogP contribution is -2.36. The van der Waals surface area contributed by atoms with Crippen molar-refractivity contribution in [3.05, 3.63) is 29.6 Å². The van der Waals surface area contributed by atoms with E-state index in [0.29, 0.717) is 0 Å². The molecule has 0 saturated carbocycles. The number of hydrogen-bond acceptors (Lipinski definition) is 5. The summed E-state index contributed by atoms with van der Waals surface area (Å²) in [4.78, 5) is 33.9. The predicted octanol–water partition coefficient (Wildman–Crippen LogP) is -0.374. The molecule has 7 nitrogen and oxygen atoms in total. The lowest BCUT2D eigenvalue weighted by molar-refractivity contribution is -0.123. The Kier molecular flexibility index (Phi) is 5.60. The number of carbonyl (C=O) groups is 3. The molecule has 108 valence electrons. The Balaban J connectivity index is 2.79. The summed E-state index contributed by atoms with van der Waals surface area (Å²) >= 11 is 0. The summed E-state index contributed by atoms with van der Waals surface area (Å²) in [6.07, 6.45) is 0. The quantitative estimate of drug-likeness (QED) is 0.638. The maximum Gasteiger partial charge on any atom is 0.340 e. The van der Waals surface area contributed by atoms with E-state index in [4.69, 9.17) is 5.73 Å². The molecule has 0 spiro atoms. The van der Waals surface area contributed by atoms with Gasteiger partial charge < -0.3 is 21.1 Å². The topological polar surface area (TPSA) is 111 Å². The van der Waals surface area contributed by atoms with Crippen LogP contribution >= 0.6 is 0 Å². The van der Waals surface area contributed by atoms with Gasteiger partial charge in [0.05, 0.1) is 31.5 Å². The van der Waals surface area contributed by atoms with Gasteiger partial charge >= 0.3 is 5.97 Å². The number of carbonyl (C=O) groups excluding carboxylic acids is 3. The van der Waals surface area contributed by atoms with Crippen molar-refractivity contribution < 1.29 is 23.5 Å². The third kappa shape index (κ3) is 4.32. The normalized spacial score (nSPS) is 9.75. The van der Waals surface area contributed by atoms with Gasteiger partial charge in [-0.2, -0.15) is 0 Å². The molecule has 0 aliphatic rings. The third-order valence-electron chi connectivity index (χ3n) is 2.29. The number of rotatable bonds is 5. The van der Waals surface area contributed by atoms with E-state index in [9.17, 15) is 18.8 Å². The Morgan fingerprint density at radius 3 is 2.60 bits per heavy atom. The molecular weight excluding hydrogens is 269 g/mol. The molecule has 2 amide bonds. The highest BCUT2D eigenvalue weighted by molar-refractivity contribution is 6.02. The van der Waals surface area contributed by atoms with Gasteiger partial charge in [0.1, 0.15) is 5.82 Å². The second kappa shape index (κ2) is 7.19. The first kappa shape index (κ1) is 15.6. The lowest BCUT2D eigenvalue weighted by atomic mass is 10.1. The van der Waals surface area contributed by atoms with Crippen LogP contribution in [0.25, 0.3) is 0 Å². The molecule has 8 heteroatoms. The fraction of sp³-hybridized carbons (Fsp3) is 0.250. The molecule has 0 aliphatic heterocycles. The van der Waals surface area contributed by atoms with Crippen molar-refractivity contribution in [1.82, 2.24) is 5.32 Å². The average molecular weight is 283 g/mol. The van der Waals surface area contributed by atoms with Crippen molar-refractivity contribution in [2.45, 2.75) is 0 Å². The molecule has 4 N–H and O–H groups in total. The number of nitrogens with one attached hydrogen (secondary N) is 2. The van der Waals surface area contributed by atoms with Crippen LogP contribution in [-0.4, -0.2) is 38.0 Å². The van der Waals surface area contributed by atoms with Crippen LogP contribution in [0.5, 0.6) is 0 Å². The van der Waals surface area contributed by atoms with Crippen molar-refractivity contribution >= 4 is 23.5 Å². The minimum atomic E-state index is -0.786. The summed E-state index contributed by atoms with van der Waals surface area (Å²) in [6.45, 7) is -0.550. The minimum absolute atomic E-state index is 0.0882. The number of methoxy groups -OCH3 is 1. The summed E-state index contributed by atoms with van der Waals surface area (Å²) in [5.41, 5.74) is 5.03. The van der Waals surface area contributed by atoms with Gasteiger partial charge in [-0.1, -0.05) is 0 Å². The standard InChI is InChI=1S/C12H14FN3O4/c1-20-12(19)8-4-7(13)2-3-9(8)16-11(18)6-15-10(17)5-14/h2-4H,5-6,14H2,1H3,(H,15,17)(H,16,18). The monoisotopic (exact) mass is 283 g/mol. The van der Waals surface area contributed by atoms with Gasteiger partial charge in [-0.05, 0) is 18.2 Å². The Hall–Kier alpha value is -2.48. The van der Waals surface area contributed by atoms with Crippen LogP contribution in [0.3, 0.4) is 0 Å². The first-order valence-corrected chi connectivity index (χ1v) is 5.62. The number of amides is 2. The zero-order valence-corrected chi connectivity index (χ0v) is 10.7. The smallest absolute Gasteiger partial charge is 0.340 e. The predicted molar refractivity (Wildman–Crippen MR) is 68.4 cm³/mol. The van der Waals surface area contributed by atoms with Gasteiger partial charge in [-0.15, -0.1) is 0 Å². The fourth-order valence-electron chi connectivity index (χ4n) is 1.35. The van der Waals surface area contributed by atoms with Gasteiger partial charge in [0.2, 0.25) is 11.8 Å². The van der Waals surface area contributed by atoms with Crippen LogP contribution in [-0.2, 0) is 14.3 Å². The molecule has 0 radical (unpaired) electrons. The summed E-state index contributed by atoms with van der Waals surface area (Å²) in [7, 11) is 1.14. The van der Waals surface area contributed by atoms with E-state index in [2.05, 4.69) is 15.4 Å². The molecule has 0 bridgehead atoms. The molecule has 0 unspecified atom stereocenters. The molecule has 0 fully saturated rings. The third-order valence-corrected chi connectivity index (χ3v) is 2.29. The van der Waals surface area contributed by atoms with Crippen LogP contribution in [0, 0.1) is 5.82 Å². The van der Waals surface area contributed by atoms with Gasteiger partial charge in [0.25, 0.3) is 0 Å². The Bertz CT molecular complexity index is 533. The largest absolute Gasteiger partial charge is 0.465 e. The van der Waals surface area contributed by atoms with Crippen molar-refractivity contribution in [1.29, 1.82) is 0 Å². The molecule has 0 aromatic heterocycles. The number of benzene rings is 1. The Morgan fingerprint density at radius 1 is 1.30 bits per heavy atom. The zero-order valence-electron chi connectivity index (χ0n) is 10.7. The van der Waals surface area contributed by atoms with E-state index in [1.807, 2.05) is 0 Å². The van der Waals surface area contributed by atoms with E-state index in [1.54, 1.807) is 0 Å². The number of esters is 1. The summed E-state index contributed by atoms with van der Waals surface area (Å²) < 4.78 is 17.6. The van der Waals surface area contributed by atoms with Crippen LogP contribution in [0.1, 0.15) is 10.4 Å². The molecule has 0 atom stereocenters. The molecular formula is C12H14FN3O4. The van der Waals surface area contributed by atoms with E-state index >= 15 is 0 Å². The van der Waals surface area contributed by atoms with Gasteiger partial charge in [0, 0.05) is 0 Å². The highest BCUT2D eigenvalue weighted by atomic mass is 19.1. The number of anilines is 1. The van der Waals surface area contributed by atoms with Gasteiger partial charge in [0.15, 0.2) is 0 Å². The number of ether oxygens (including phenoxy) is 1. The second-order valence-corrected chi connectivity index (χ2v) is 3.71. The summed E-state index contributed by atoms with van der Waals surface area (Å²) in [5, 5.41) is 4.63. The zero-order chi connectivity index (χ0) is 15.1.